The van der Waals surface area contributed by atoms with Crippen molar-refractivity contribution in [2.24, 2.45) is 0 Å². The molecule has 1 N–H and O–H groups in total. The van der Waals surface area contributed by atoms with E-state index < -0.39 is 0 Å². The Hall–Kier alpha value is -0.570. The van der Waals surface area contributed by atoms with Gasteiger partial charge in [-0.1, -0.05) is 29.2 Å². The third kappa shape index (κ3) is 4.27. The fourth-order valence-corrected chi connectivity index (χ4v) is 4.01. The zero-order valence-electron chi connectivity index (χ0n) is 9.58. The predicted octanol–water partition coefficient (Wildman–Crippen LogP) is 3.19. The minimum atomic E-state index is -0.0338. The molecular weight excluding hydrogens is 306 g/mol. The molecule has 96 valence electrons. The van der Waals surface area contributed by atoms with Crippen LogP contribution < -0.4 is 5.32 Å². The molecular formula is C10H11N3OS4. The van der Waals surface area contributed by atoms with Gasteiger partial charge in [-0.2, -0.15) is 11.8 Å². The Morgan fingerprint density at radius 1 is 1.50 bits per heavy atom. The Labute approximate surface area is 122 Å². The van der Waals surface area contributed by atoms with Crippen LogP contribution >= 0.6 is 46.2 Å². The SMILES string of the molecule is CSCC(=O)Nc1nnc(SCc2cccs2)s1. The molecule has 0 saturated carbocycles. The van der Waals surface area contributed by atoms with E-state index >= 15 is 0 Å². The Balaban J connectivity index is 1.84. The van der Waals surface area contributed by atoms with Gasteiger partial charge < -0.3 is 0 Å². The van der Waals surface area contributed by atoms with Crippen LogP contribution in [-0.2, 0) is 10.5 Å². The number of hydrogen-bond donors (Lipinski definition) is 1. The fourth-order valence-electron chi connectivity index (χ4n) is 1.13. The van der Waals surface area contributed by atoms with Gasteiger partial charge in [-0.15, -0.1) is 21.5 Å². The Bertz CT molecular complexity index is 497. The van der Waals surface area contributed by atoms with Crippen LogP contribution in [0.2, 0.25) is 0 Å². The lowest BCUT2D eigenvalue weighted by molar-refractivity contribution is -0.113. The van der Waals surface area contributed by atoms with E-state index in [0.29, 0.717) is 10.9 Å². The number of nitrogens with zero attached hydrogens (tertiary/aromatic N) is 2. The molecule has 2 rings (SSSR count). The number of carbonyl (C=O) groups excluding carboxylic acids is 1. The van der Waals surface area contributed by atoms with E-state index in [1.165, 1.54) is 28.0 Å². The molecule has 0 atom stereocenters. The highest BCUT2D eigenvalue weighted by Gasteiger charge is 2.08. The molecule has 2 aromatic heterocycles. The molecule has 0 unspecified atom stereocenters. The van der Waals surface area contributed by atoms with Crippen LogP contribution in [0.1, 0.15) is 4.88 Å². The van der Waals surface area contributed by atoms with E-state index in [0.717, 1.165) is 10.1 Å². The molecule has 0 saturated heterocycles. The van der Waals surface area contributed by atoms with Gasteiger partial charge in [0.1, 0.15) is 0 Å². The lowest BCUT2D eigenvalue weighted by atomic mass is 10.5. The van der Waals surface area contributed by atoms with Crippen LogP contribution in [0.4, 0.5) is 5.13 Å². The molecule has 0 aromatic carbocycles. The van der Waals surface area contributed by atoms with E-state index in [-0.39, 0.29) is 5.91 Å². The van der Waals surface area contributed by atoms with Crippen molar-refractivity contribution in [2.45, 2.75) is 10.1 Å². The fraction of sp³-hybridized carbons (Fsp3) is 0.300. The van der Waals surface area contributed by atoms with E-state index in [9.17, 15) is 4.79 Å². The number of rotatable bonds is 6. The van der Waals surface area contributed by atoms with Gasteiger partial charge in [0.25, 0.3) is 0 Å². The number of hydrogen-bond acceptors (Lipinski definition) is 7. The summed E-state index contributed by atoms with van der Waals surface area (Å²) in [6.07, 6.45) is 1.89. The van der Waals surface area contributed by atoms with Crippen LogP contribution in [0.3, 0.4) is 0 Å². The van der Waals surface area contributed by atoms with E-state index in [1.54, 1.807) is 23.1 Å². The monoisotopic (exact) mass is 317 g/mol. The van der Waals surface area contributed by atoms with Crippen molar-refractivity contribution in [1.29, 1.82) is 0 Å². The third-order valence-electron chi connectivity index (χ3n) is 1.85. The largest absolute Gasteiger partial charge is 0.300 e. The molecule has 0 bridgehead atoms. The molecule has 1 amide bonds. The summed E-state index contributed by atoms with van der Waals surface area (Å²) in [4.78, 5) is 12.7. The first-order valence-corrected chi connectivity index (χ1v) is 9.13. The maximum Gasteiger partial charge on any atom is 0.236 e. The highest BCUT2D eigenvalue weighted by Crippen LogP contribution is 2.29. The first-order valence-electron chi connectivity index (χ1n) is 5.05. The number of carbonyl (C=O) groups is 1. The first kappa shape index (κ1) is 13.9. The van der Waals surface area contributed by atoms with Crippen LogP contribution in [0.15, 0.2) is 21.9 Å². The molecule has 0 spiro atoms. The second-order valence-electron chi connectivity index (χ2n) is 3.22. The topological polar surface area (TPSA) is 54.9 Å². The van der Waals surface area contributed by atoms with Crippen LogP contribution in [-0.4, -0.2) is 28.1 Å². The van der Waals surface area contributed by atoms with Crippen molar-refractivity contribution in [2.75, 3.05) is 17.3 Å². The minimum Gasteiger partial charge on any atom is -0.300 e. The summed E-state index contributed by atoms with van der Waals surface area (Å²) in [7, 11) is 0. The van der Waals surface area contributed by atoms with Crippen molar-refractivity contribution in [3.05, 3.63) is 22.4 Å². The average molecular weight is 317 g/mol. The molecule has 0 aliphatic carbocycles. The van der Waals surface area contributed by atoms with Crippen molar-refractivity contribution >= 4 is 57.2 Å². The van der Waals surface area contributed by atoms with Gasteiger partial charge in [0, 0.05) is 10.6 Å². The summed E-state index contributed by atoms with van der Waals surface area (Å²) >= 11 is 6.27. The van der Waals surface area contributed by atoms with Crippen molar-refractivity contribution in [3.8, 4) is 0 Å². The smallest absolute Gasteiger partial charge is 0.236 e. The first-order chi connectivity index (χ1) is 8.78. The van der Waals surface area contributed by atoms with Crippen LogP contribution in [0.25, 0.3) is 0 Å². The van der Waals surface area contributed by atoms with Gasteiger partial charge in [0.15, 0.2) is 4.34 Å². The second kappa shape index (κ2) is 7.13. The van der Waals surface area contributed by atoms with Gasteiger partial charge in [0.2, 0.25) is 11.0 Å². The normalized spacial score (nSPS) is 10.5. The van der Waals surface area contributed by atoms with Gasteiger partial charge >= 0.3 is 0 Å². The molecule has 0 aliphatic rings. The molecule has 2 aromatic rings. The summed E-state index contributed by atoms with van der Waals surface area (Å²) in [6.45, 7) is 0. The highest BCUT2D eigenvalue weighted by atomic mass is 32.2. The predicted molar refractivity (Wildman–Crippen MR) is 80.8 cm³/mol. The quantitative estimate of drug-likeness (QED) is 0.655. The van der Waals surface area contributed by atoms with Crippen molar-refractivity contribution < 1.29 is 4.79 Å². The number of amides is 1. The molecule has 4 nitrogen and oxygen atoms in total. The lowest BCUT2D eigenvalue weighted by Gasteiger charge is -1.96. The number of anilines is 1. The Morgan fingerprint density at radius 2 is 2.39 bits per heavy atom. The third-order valence-corrected chi connectivity index (χ3v) is 5.48. The van der Waals surface area contributed by atoms with Gasteiger partial charge in [-0.25, -0.2) is 0 Å². The molecule has 0 radical (unpaired) electrons. The summed E-state index contributed by atoms with van der Waals surface area (Å²) in [5.41, 5.74) is 0. The number of nitrogens with one attached hydrogen (secondary N) is 1. The van der Waals surface area contributed by atoms with Crippen molar-refractivity contribution in [1.82, 2.24) is 10.2 Å². The van der Waals surface area contributed by atoms with Gasteiger partial charge in [-0.05, 0) is 17.7 Å². The summed E-state index contributed by atoms with van der Waals surface area (Å²) in [5, 5.41) is 13.4. The second-order valence-corrected chi connectivity index (χ2v) is 7.32. The van der Waals surface area contributed by atoms with E-state index in [4.69, 9.17) is 0 Å². The van der Waals surface area contributed by atoms with E-state index in [2.05, 4.69) is 27.0 Å². The minimum absolute atomic E-state index is 0.0338. The highest BCUT2D eigenvalue weighted by molar-refractivity contribution is 8.00. The zero-order chi connectivity index (χ0) is 12.8. The van der Waals surface area contributed by atoms with Crippen LogP contribution in [0, 0.1) is 0 Å². The summed E-state index contributed by atoms with van der Waals surface area (Å²) < 4.78 is 0.878. The number of thiophene rings is 1. The van der Waals surface area contributed by atoms with Crippen molar-refractivity contribution in [3.63, 3.8) is 0 Å². The van der Waals surface area contributed by atoms with Crippen LogP contribution in [0.5, 0.6) is 0 Å². The Morgan fingerprint density at radius 3 is 3.11 bits per heavy atom. The molecule has 8 heteroatoms. The standard InChI is InChI=1S/C10H11N3OS4/c1-15-6-8(14)11-9-12-13-10(18-9)17-5-7-3-2-4-16-7/h2-4H,5-6H2,1H3,(H,11,12,14). The van der Waals surface area contributed by atoms with Gasteiger partial charge in [-0.3, -0.25) is 10.1 Å². The summed E-state index contributed by atoms with van der Waals surface area (Å²) in [6, 6.07) is 4.13. The molecule has 0 aliphatic heterocycles. The van der Waals surface area contributed by atoms with Gasteiger partial charge in [0.05, 0.1) is 5.75 Å². The molecule has 0 fully saturated rings. The average Bonchev–Trinajstić information content (AvgIpc) is 2.97. The number of aromatic nitrogens is 2. The maximum atomic E-state index is 11.4. The number of thioether (sulfide) groups is 2. The molecule has 18 heavy (non-hydrogen) atoms. The maximum absolute atomic E-state index is 11.4. The zero-order valence-corrected chi connectivity index (χ0v) is 12.8. The summed E-state index contributed by atoms with van der Waals surface area (Å²) in [5.74, 6) is 1.30. The van der Waals surface area contributed by atoms with E-state index in [1.807, 2.05) is 12.3 Å². The lowest BCUT2D eigenvalue weighted by Crippen LogP contribution is -2.13. The Kier molecular flexibility index (Phi) is 5.48. The molecule has 2 heterocycles.